The second kappa shape index (κ2) is 39.8. The van der Waals surface area contributed by atoms with E-state index in [0.717, 1.165) is 104 Å². The van der Waals surface area contributed by atoms with E-state index in [-0.39, 0.29) is 0 Å². The van der Waals surface area contributed by atoms with Gasteiger partial charge >= 0.3 is 0 Å². The lowest BCUT2D eigenvalue weighted by Crippen LogP contribution is -2.13. The van der Waals surface area contributed by atoms with Crippen molar-refractivity contribution >= 4 is 199 Å². The molecule has 27 heteroatoms. The smallest absolute Gasteiger partial charge is 0.224 e. The van der Waals surface area contributed by atoms with E-state index in [1.165, 1.54) is 0 Å². The van der Waals surface area contributed by atoms with Gasteiger partial charge in [0.2, 0.25) is 17.8 Å². The van der Waals surface area contributed by atoms with Crippen molar-refractivity contribution in [1.82, 2.24) is 44.9 Å². The predicted octanol–water partition coefficient (Wildman–Crippen LogP) is 7.65. The van der Waals surface area contributed by atoms with Crippen molar-refractivity contribution in [2.75, 3.05) is 121 Å². The van der Waals surface area contributed by atoms with Gasteiger partial charge in [-0.15, -0.1) is 0 Å². The first-order chi connectivity index (χ1) is 29.0. The molecular weight excluding hydrogens is 1050 g/mol. The van der Waals surface area contributed by atoms with Crippen molar-refractivity contribution < 1.29 is 0 Å². The van der Waals surface area contributed by atoms with Crippen LogP contribution in [0.15, 0.2) is 15.5 Å². The van der Waals surface area contributed by atoms with Crippen LogP contribution in [0.4, 0.5) is 17.8 Å². The molecule has 0 bridgehead atoms. The molecule has 12 nitrogen and oxygen atoms in total. The molecule has 3 rings (SSSR count). The number of nitrogen functional groups attached to an aromatic ring is 3. The summed E-state index contributed by atoms with van der Waals surface area (Å²) in [5.74, 6) is 21.2. The first kappa shape index (κ1) is 59.7. The maximum absolute atomic E-state index is 5.64. The molecule has 60 heavy (non-hydrogen) atoms. The first-order valence-corrected chi connectivity index (χ1v) is 31.9. The molecule has 3 unspecified atom stereocenters. The average molecular weight is 1110 g/mol. The van der Waals surface area contributed by atoms with E-state index >= 15 is 0 Å². The van der Waals surface area contributed by atoms with Crippen LogP contribution < -0.4 is 17.2 Å². The highest BCUT2D eigenvalue weighted by Crippen LogP contribution is 2.25. The van der Waals surface area contributed by atoms with Gasteiger partial charge in [-0.05, 0) is 43.8 Å². The van der Waals surface area contributed by atoms with E-state index < -0.39 is 0 Å². The average Bonchev–Trinajstić information content (AvgIpc) is 3.20. The molecule has 3 aromatic heterocycles. The Morgan fingerprint density at radius 3 is 1.13 bits per heavy atom. The van der Waals surface area contributed by atoms with Gasteiger partial charge in [0.25, 0.3) is 0 Å². The van der Waals surface area contributed by atoms with Gasteiger partial charge in [-0.25, -0.2) is 15.0 Å². The van der Waals surface area contributed by atoms with Gasteiger partial charge in [0.05, 0.1) is 0 Å². The standard InChI is InChI=1S/3C11H20N4S5/c1-8-13-10(12)15-11(14-8)20-7-9(19-5-3-17)6-18-4-2-16;1-8-13-10(12)15-11(14-8)20-5-4-18-7-9(6-17)19-3-2-16;1-8-13-10(12)15-11(14-8)20-5-4-19-9(6-17)7-18-3-2-16/h3*9,16-17H,2-7H2,1H3,(H2,12,13,14,15). The summed E-state index contributed by atoms with van der Waals surface area (Å²) in [6, 6.07) is 0. The van der Waals surface area contributed by atoms with Gasteiger partial charge in [0, 0.05) is 96.3 Å². The van der Waals surface area contributed by atoms with Crippen molar-refractivity contribution in [2.24, 2.45) is 0 Å². The Labute approximate surface area is 429 Å². The van der Waals surface area contributed by atoms with Gasteiger partial charge in [-0.2, -0.15) is 176 Å². The van der Waals surface area contributed by atoms with E-state index in [1.807, 2.05) is 91.3 Å². The Hall–Kier alpha value is 1.68. The van der Waals surface area contributed by atoms with Crippen molar-refractivity contribution in [1.29, 1.82) is 0 Å². The second-order valence-corrected chi connectivity index (χ2v) is 24.8. The van der Waals surface area contributed by atoms with Crippen LogP contribution in [0, 0.1) is 20.8 Å². The number of aromatic nitrogens is 9. The number of thiol groups is 6. The monoisotopic (exact) mass is 1100 g/mol. The SMILES string of the molecule is Cc1nc(N)nc(SCC(CSCCS)SCCS)n1.Cc1nc(N)nc(SCCSC(CS)CSCCS)n1.Cc1nc(N)nc(SCCSCC(CS)SCCS)n1. The molecule has 3 atom stereocenters. The highest BCUT2D eigenvalue weighted by Gasteiger charge is 2.13. The molecule has 0 radical (unpaired) electrons. The molecule has 0 amide bonds. The lowest BCUT2D eigenvalue weighted by atomic mass is 10.5. The number of anilines is 3. The van der Waals surface area contributed by atoms with Gasteiger partial charge in [-0.1, -0.05) is 35.3 Å². The molecular formula is C33H60N12S15. The van der Waals surface area contributed by atoms with Gasteiger partial charge < -0.3 is 17.2 Å². The molecule has 0 saturated carbocycles. The molecule has 3 heterocycles. The van der Waals surface area contributed by atoms with Crippen molar-refractivity contribution in [3.63, 3.8) is 0 Å². The highest BCUT2D eigenvalue weighted by molar-refractivity contribution is 8.06. The topological polar surface area (TPSA) is 194 Å². The maximum atomic E-state index is 5.64. The first-order valence-electron chi connectivity index (χ1n) is 18.5. The lowest BCUT2D eigenvalue weighted by molar-refractivity contribution is 0.869. The number of nitrogens with zero attached hydrogens (tertiary/aromatic N) is 9. The maximum Gasteiger partial charge on any atom is 0.224 e. The van der Waals surface area contributed by atoms with Gasteiger partial charge in [-0.3, -0.25) is 0 Å². The molecule has 0 saturated heterocycles. The molecule has 0 fully saturated rings. The van der Waals surface area contributed by atoms with Crippen LogP contribution >= 0.6 is 182 Å². The van der Waals surface area contributed by atoms with E-state index in [1.54, 1.807) is 35.3 Å². The molecule has 0 aromatic carbocycles. The summed E-state index contributed by atoms with van der Waals surface area (Å²) in [7, 11) is 0. The van der Waals surface area contributed by atoms with Crippen LogP contribution in [0.1, 0.15) is 17.5 Å². The fraction of sp³-hybridized carbons (Fsp3) is 0.727. The zero-order chi connectivity index (χ0) is 44.4. The largest absolute Gasteiger partial charge is 0.368 e. The Bertz CT molecular complexity index is 1470. The minimum Gasteiger partial charge on any atom is -0.368 e. The predicted molar refractivity (Wildman–Crippen MR) is 303 cm³/mol. The number of aryl methyl sites for hydroxylation is 3. The number of thioether (sulfide) groups is 9. The minimum absolute atomic E-state index is 0.295. The zero-order valence-electron chi connectivity index (χ0n) is 34.1. The van der Waals surface area contributed by atoms with Gasteiger partial charge in [0.1, 0.15) is 17.5 Å². The number of hydrogen-bond donors (Lipinski definition) is 9. The van der Waals surface area contributed by atoms with Crippen LogP contribution in [0.5, 0.6) is 0 Å². The third-order valence-electron chi connectivity index (χ3n) is 6.44. The Balaban J connectivity index is 0.000000450. The number of nitrogens with two attached hydrogens (primary N) is 3. The summed E-state index contributed by atoms with van der Waals surface area (Å²) in [6.45, 7) is 5.48. The molecule has 3 aromatic rings. The summed E-state index contributed by atoms with van der Waals surface area (Å²) in [6.07, 6.45) is 0. The van der Waals surface area contributed by atoms with E-state index in [9.17, 15) is 0 Å². The van der Waals surface area contributed by atoms with E-state index in [4.69, 9.17) is 17.2 Å². The second-order valence-electron chi connectivity index (χ2n) is 11.5. The van der Waals surface area contributed by atoms with Crippen LogP contribution in [0.25, 0.3) is 0 Å². The number of hydrogen-bond acceptors (Lipinski definition) is 27. The third-order valence-corrected chi connectivity index (χ3v) is 21.1. The highest BCUT2D eigenvalue weighted by atomic mass is 32.2. The van der Waals surface area contributed by atoms with Gasteiger partial charge in [0.15, 0.2) is 15.5 Å². The number of rotatable bonds is 30. The minimum atomic E-state index is 0.295. The van der Waals surface area contributed by atoms with Crippen LogP contribution in [0.2, 0.25) is 0 Å². The normalized spacial score (nSPS) is 12.6. The Morgan fingerprint density at radius 2 is 0.733 bits per heavy atom. The summed E-state index contributed by atoms with van der Waals surface area (Å²) < 4.78 is 0. The molecule has 0 aliphatic rings. The van der Waals surface area contributed by atoms with E-state index in [2.05, 4.69) is 121 Å². The molecule has 6 N–H and O–H groups in total. The molecule has 342 valence electrons. The van der Waals surface area contributed by atoms with Crippen molar-refractivity contribution in [2.45, 2.75) is 52.0 Å². The molecule has 0 spiro atoms. The third kappa shape index (κ3) is 32.4. The summed E-state index contributed by atoms with van der Waals surface area (Å²) in [5.41, 5.74) is 16.8. The quantitative estimate of drug-likeness (QED) is 0.0179. The van der Waals surface area contributed by atoms with Crippen LogP contribution in [-0.2, 0) is 0 Å². The Morgan fingerprint density at radius 1 is 0.383 bits per heavy atom. The summed E-state index contributed by atoms with van der Waals surface area (Å²) in [4.78, 5) is 37.1. The fourth-order valence-electron chi connectivity index (χ4n) is 4.00. The lowest BCUT2D eigenvalue weighted by Gasteiger charge is -2.15. The summed E-state index contributed by atoms with van der Waals surface area (Å²) >= 11 is 42.3. The Kier molecular flexibility index (Phi) is 39.6. The molecule has 0 aliphatic heterocycles. The van der Waals surface area contributed by atoms with E-state index in [0.29, 0.717) is 66.5 Å². The van der Waals surface area contributed by atoms with Crippen molar-refractivity contribution in [3.8, 4) is 0 Å². The fourth-order valence-corrected chi connectivity index (χ4v) is 16.1. The van der Waals surface area contributed by atoms with Crippen molar-refractivity contribution in [3.05, 3.63) is 17.5 Å². The summed E-state index contributed by atoms with van der Waals surface area (Å²) in [5, 5.41) is 3.90. The zero-order valence-corrected chi connectivity index (χ0v) is 46.8. The van der Waals surface area contributed by atoms with Crippen LogP contribution in [-0.4, -0.2) is 164 Å². The van der Waals surface area contributed by atoms with Crippen LogP contribution in [0.3, 0.4) is 0 Å². The molecule has 0 aliphatic carbocycles.